The molecule has 0 aliphatic carbocycles. The molecule has 4 nitrogen and oxygen atoms in total. The third kappa shape index (κ3) is 3.56. The summed E-state index contributed by atoms with van der Waals surface area (Å²) in [5.41, 5.74) is -0.176. The van der Waals surface area contributed by atoms with Gasteiger partial charge in [-0.3, -0.25) is 9.59 Å². The molecular formula is C14H20N2O2S. The highest BCUT2D eigenvalue weighted by Gasteiger charge is 2.36. The molecule has 1 aromatic heterocycles. The van der Waals surface area contributed by atoms with Gasteiger partial charge < -0.3 is 10.2 Å². The number of hydrogen-bond acceptors (Lipinski definition) is 3. The fourth-order valence-corrected chi connectivity index (χ4v) is 3.01. The molecule has 1 N–H and O–H groups in total. The van der Waals surface area contributed by atoms with Crippen LogP contribution in [0.4, 0.5) is 0 Å². The zero-order chi connectivity index (χ0) is 14.0. The van der Waals surface area contributed by atoms with Crippen molar-refractivity contribution < 1.29 is 9.59 Å². The highest BCUT2D eigenvalue weighted by Crippen LogP contribution is 2.22. The summed E-state index contributed by atoms with van der Waals surface area (Å²) in [6, 6.07) is 3.83. The van der Waals surface area contributed by atoms with Crippen LogP contribution in [0.25, 0.3) is 0 Å². The van der Waals surface area contributed by atoms with Crippen molar-refractivity contribution in [2.24, 2.45) is 0 Å². The van der Waals surface area contributed by atoms with E-state index in [-0.39, 0.29) is 23.4 Å². The molecule has 1 aromatic rings. The van der Waals surface area contributed by atoms with Crippen LogP contribution in [0.2, 0.25) is 0 Å². The smallest absolute Gasteiger partial charge is 0.225 e. The molecule has 1 aliphatic heterocycles. The number of carbonyl (C=O) groups excluding carboxylic acids is 2. The summed E-state index contributed by atoms with van der Waals surface area (Å²) >= 11 is 1.58. The fourth-order valence-electron chi connectivity index (χ4n) is 2.30. The van der Waals surface area contributed by atoms with Gasteiger partial charge in [-0.25, -0.2) is 0 Å². The summed E-state index contributed by atoms with van der Waals surface area (Å²) in [4.78, 5) is 26.7. The Morgan fingerprint density at radius 1 is 1.53 bits per heavy atom. The van der Waals surface area contributed by atoms with Gasteiger partial charge >= 0.3 is 0 Å². The summed E-state index contributed by atoms with van der Waals surface area (Å²) in [6.07, 6.45) is 0.811. The molecule has 1 unspecified atom stereocenters. The number of hydrogen-bond donors (Lipinski definition) is 1. The maximum absolute atomic E-state index is 11.9. The van der Waals surface area contributed by atoms with Crippen LogP contribution in [0.3, 0.4) is 0 Å². The summed E-state index contributed by atoms with van der Waals surface area (Å²) in [6.45, 7) is 6.65. The van der Waals surface area contributed by atoms with Crippen molar-refractivity contribution in [3.8, 4) is 0 Å². The van der Waals surface area contributed by atoms with Crippen LogP contribution in [0.5, 0.6) is 0 Å². The lowest BCUT2D eigenvalue weighted by atomic mass is 10.1. The number of nitrogens with one attached hydrogen (secondary N) is 1. The van der Waals surface area contributed by atoms with Gasteiger partial charge in [0.15, 0.2) is 0 Å². The van der Waals surface area contributed by atoms with Gasteiger partial charge in [-0.15, -0.1) is 11.3 Å². The van der Waals surface area contributed by atoms with Crippen LogP contribution in [0, 0.1) is 0 Å². The van der Waals surface area contributed by atoms with E-state index in [1.807, 2.05) is 43.2 Å². The molecule has 104 valence electrons. The van der Waals surface area contributed by atoms with E-state index in [2.05, 4.69) is 5.32 Å². The third-order valence-corrected chi connectivity index (χ3v) is 4.09. The molecule has 1 saturated heterocycles. The number of thiophene rings is 1. The number of likely N-dealkylation sites (tertiary alicyclic amines) is 1. The Kier molecular flexibility index (Phi) is 3.94. The van der Waals surface area contributed by atoms with Gasteiger partial charge in [0.2, 0.25) is 11.8 Å². The number of amides is 2. The minimum Gasteiger partial charge on any atom is -0.351 e. The molecule has 19 heavy (non-hydrogen) atoms. The molecule has 5 heteroatoms. The lowest BCUT2D eigenvalue weighted by molar-refractivity contribution is -0.131. The minimum absolute atomic E-state index is 0.00370. The Labute approximate surface area is 117 Å². The van der Waals surface area contributed by atoms with Crippen molar-refractivity contribution in [3.05, 3.63) is 22.4 Å². The SMILES string of the molecule is CC(C)(C)N1CC(NC(=O)Cc2cccs2)CC1=O. The second-order valence-corrected chi connectivity index (χ2v) is 6.93. The van der Waals surface area contributed by atoms with Crippen LogP contribution < -0.4 is 5.32 Å². The first kappa shape index (κ1) is 14.1. The number of nitrogens with zero attached hydrogens (tertiary/aromatic N) is 1. The average molecular weight is 280 g/mol. The van der Waals surface area contributed by atoms with Gasteiger partial charge in [0, 0.05) is 23.4 Å². The van der Waals surface area contributed by atoms with E-state index in [1.165, 1.54) is 0 Å². The number of rotatable bonds is 3. The van der Waals surface area contributed by atoms with Gasteiger partial charge in [-0.05, 0) is 32.2 Å². The predicted molar refractivity (Wildman–Crippen MR) is 76.0 cm³/mol. The Morgan fingerprint density at radius 2 is 2.26 bits per heavy atom. The van der Waals surface area contributed by atoms with Crippen LogP contribution in [-0.4, -0.2) is 34.8 Å². The zero-order valence-corrected chi connectivity index (χ0v) is 12.4. The number of carbonyl (C=O) groups is 2. The molecule has 0 radical (unpaired) electrons. The topological polar surface area (TPSA) is 49.4 Å². The van der Waals surface area contributed by atoms with E-state index >= 15 is 0 Å². The summed E-state index contributed by atoms with van der Waals surface area (Å²) < 4.78 is 0. The van der Waals surface area contributed by atoms with Crippen LogP contribution in [0.15, 0.2) is 17.5 Å². The maximum Gasteiger partial charge on any atom is 0.225 e. The molecule has 0 spiro atoms. The van der Waals surface area contributed by atoms with E-state index in [4.69, 9.17) is 0 Å². The molecule has 2 amide bonds. The quantitative estimate of drug-likeness (QED) is 0.918. The average Bonchev–Trinajstić information content (AvgIpc) is 2.87. The maximum atomic E-state index is 11.9. The van der Waals surface area contributed by atoms with Gasteiger partial charge in [-0.2, -0.15) is 0 Å². The Morgan fingerprint density at radius 3 is 2.79 bits per heavy atom. The highest BCUT2D eigenvalue weighted by atomic mass is 32.1. The van der Waals surface area contributed by atoms with E-state index in [0.29, 0.717) is 19.4 Å². The second-order valence-electron chi connectivity index (χ2n) is 5.90. The molecule has 2 rings (SSSR count). The predicted octanol–water partition coefficient (Wildman–Crippen LogP) is 1.81. The van der Waals surface area contributed by atoms with Crippen molar-refractivity contribution in [3.63, 3.8) is 0 Å². The molecule has 2 heterocycles. The molecule has 1 fully saturated rings. The molecular weight excluding hydrogens is 260 g/mol. The van der Waals surface area contributed by atoms with Gasteiger partial charge in [0.1, 0.15) is 0 Å². The molecule has 1 atom stereocenters. The third-order valence-electron chi connectivity index (χ3n) is 3.21. The van der Waals surface area contributed by atoms with Gasteiger partial charge in [0.05, 0.1) is 12.5 Å². The van der Waals surface area contributed by atoms with Crippen LogP contribution in [0.1, 0.15) is 32.1 Å². The van der Waals surface area contributed by atoms with E-state index in [9.17, 15) is 9.59 Å². The first-order valence-electron chi connectivity index (χ1n) is 6.48. The Bertz CT molecular complexity index is 462. The van der Waals surface area contributed by atoms with Crippen molar-refractivity contribution in [1.82, 2.24) is 10.2 Å². The van der Waals surface area contributed by atoms with Crippen LogP contribution in [-0.2, 0) is 16.0 Å². The summed E-state index contributed by atoms with van der Waals surface area (Å²) in [5.74, 6) is 0.116. The van der Waals surface area contributed by atoms with Crippen molar-refractivity contribution >= 4 is 23.2 Å². The monoisotopic (exact) mass is 280 g/mol. The molecule has 0 saturated carbocycles. The van der Waals surface area contributed by atoms with E-state index in [0.717, 1.165) is 4.88 Å². The fraction of sp³-hybridized carbons (Fsp3) is 0.571. The lowest BCUT2D eigenvalue weighted by Crippen LogP contribution is -2.44. The van der Waals surface area contributed by atoms with Crippen molar-refractivity contribution in [2.75, 3.05) is 6.54 Å². The Balaban J connectivity index is 1.88. The van der Waals surface area contributed by atoms with Crippen LogP contribution >= 0.6 is 11.3 Å². The van der Waals surface area contributed by atoms with Gasteiger partial charge in [0.25, 0.3) is 0 Å². The van der Waals surface area contributed by atoms with E-state index < -0.39 is 0 Å². The lowest BCUT2D eigenvalue weighted by Gasteiger charge is -2.32. The highest BCUT2D eigenvalue weighted by molar-refractivity contribution is 7.10. The van der Waals surface area contributed by atoms with E-state index in [1.54, 1.807) is 11.3 Å². The minimum atomic E-state index is -0.176. The van der Waals surface area contributed by atoms with Crippen molar-refractivity contribution in [2.45, 2.75) is 45.2 Å². The summed E-state index contributed by atoms with van der Waals surface area (Å²) in [7, 11) is 0. The largest absolute Gasteiger partial charge is 0.351 e. The Hall–Kier alpha value is -1.36. The second kappa shape index (κ2) is 5.33. The molecule has 0 bridgehead atoms. The van der Waals surface area contributed by atoms with Gasteiger partial charge in [-0.1, -0.05) is 6.07 Å². The molecule has 1 aliphatic rings. The first-order chi connectivity index (χ1) is 8.86. The molecule has 0 aromatic carbocycles. The normalized spacial score (nSPS) is 19.8. The first-order valence-corrected chi connectivity index (χ1v) is 7.36. The standard InChI is InChI=1S/C14H20N2O2S/c1-14(2,3)16-9-10(7-13(16)18)15-12(17)8-11-5-4-6-19-11/h4-6,10H,7-9H2,1-3H3,(H,15,17). The van der Waals surface area contributed by atoms with Crippen molar-refractivity contribution in [1.29, 1.82) is 0 Å². The zero-order valence-electron chi connectivity index (χ0n) is 11.6. The summed E-state index contributed by atoms with van der Waals surface area (Å²) in [5, 5.41) is 4.92.